The Morgan fingerprint density at radius 2 is 2.19 bits per heavy atom. The van der Waals surface area contributed by atoms with Crippen molar-refractivity contribution >= 4 is 11.0 Å². The third-order valence-corrected chi connectivity index (χ3v) is 2.95. The molecule has 0 unspecified atom stereocenters. The molecule has 0 saturated carbocycles. The minimum absolute atomic E-state index is 0.0857. The zero-order valence-corrected chi connectivity index (χ0v) is 9.87. The van der Waals surface area contributed by atoms with Crippen molar-refractivity contribution < 1.29 is 4.74 Å². The highest BCUT2D eigenvalue weighted by molar-refractivity contribution is 5.80. The lowest BCUT2D eigenvalue weighted by Crippen LogP contribution is -2.27. The number of methoxy groups -OCH3 is 1. The number of ether oxygens (including phenoxy) is 1. The van der Waals surface area contributed by atoms with Crippen LogP contribution >= 0.6 is 0 Å². The van der Waals surface area contributed by atoms with Gasteiger partial charge in [0, 0.05) is 29.8 Å². The van der Waals surface area contributed by atoms with Gasteiger partial charge in [-0.25, -0.2) is 4.98 Å². The van der Waals surface area contributed by atoms with Crippen LogP contribution in [0.3, 0.4) is 0 Å². The van der Waals surface area contributed by atoms with Gasteiger partial charge < -0.3 is 15.5 Å². The number of pyridine rings is 1. The third-order valence-electron chi connectivity index (χ3n) is 2.95. The van der Waals surface area contributed by atoms with Crippen LogP contribution in [0.5, 0.6) is 5.88 Å². The zero-order valence-electron chi connectivity index (χ0n) is 9.87. The monoisotopic (exact) mass is 219 g/mol. The number of fused-ring (bicyclic) bond motifs is 1. The highest BCUT2D eigenvalue weighted by Gasteiger charge is 2.23. The summed E-state index contributed by atoms with van der Waals surface area (Å²) in [5.74, 6) is 0.626. The quantitative estimate of drug-likeness (QED) is 0.827. The highest BCUT2D eigenvalue weighted by Crippen LogP contribution is 2.29. The second-order valence-electron chi connectivity index (χ2n) is 4.54. The minimum atomic E-state index is -0.0857. The average molecular weight is 219 g/mol. The van der Waals surface area contributed by atoms with E-state index < -0.39 is 0 Å². The summed E-state index contributed by atoms with van der Waals surface area (Å²) >= 11 is 0. The van der Waals surface area contributed by atoms with Crippen LogP contribution in [-0.2, 0) is 5.41 Å². The molecule has 2 rings (SSSR count). The SMILES string of the molecule is COc1ccc2[nH]cc(C(C)(C)CN)c2n1. The van der Waals surface area contributed by atoms with Crippen molar-refractivity contribution in [2.24, 2.45) is 5.73 Å². The molecule has 0 aliphatic rings. The molecule has 0 amide bonds. The molecule has 4 heteroatoms. The van der Waals surface area contributed by atoms with Gasteiger partial charge in [0.2, 0.25) is 5.88 Å². The van der Waals surface area contributed by atoms with Crippen molar-refractivity contribution in [2.45, 2.75) is 19.3 Å². The molecule has 0 fully saturated rings. The number of aromatic amines is 1. The van der Waals surface area contributed by atoms with Crippen LogP contribution in [0, 0.1) is 0 Å². The molecule has 0 aliphatic carbocycles. The van der Waals surface area contributed by atoms with Crippen LogP contribution in [0.1, 0.15) is 19.4 Å². The van der Waals surface area contributed by atoms with E-state index in [0.717, 1.165) is 16.6 Å². The number of H-pyrrole nitrogens is 1. The Morgan fingerprint density at radius 3 is 2.81 bits per heavy atom. The molecule has 0 aliphatic heterocycles. The molecule has 2 heterocycles. The summed E-state index contributed by atoms with van der Waals surface area (Å²) in [6.45, 7) is 4.80. The summed E-state index contributed by atoms with van der Waals surface area (Å²) in [5.41, 5.74) is 8.78. The lowest BCUT2D eigenvalue weighted by atomic mass is 9.86. The first-order valence-corrected chi connectivity index (χ1v) is 5.31. The third kappa shape index (κ3) is 1.65. The van der Waals surface area contributed by atoms with Crippen LogP contribution < -0.4 is 10.5 Å². The van der Waals surface area contributed by atoms with E-state index >= 15 is 0 Å². The molecule has 0 radical (unpaired) electrons. The Hall–Kier alpha value is -1.55. The molecular weight excluding hydrogens is 202 g/mol. The van der Waals surface area contributed by atoms with Gasteiger partial charge in [-0.05, 0) is 6.07 Å². The van der Waals surface area contributed by atoms with Crippen LogP contribution in [0.4, 0.5) is 0 Å². The van der Waals surface area contributed by atoms with Gasteiger partial charge in [-0.1, -0.05) is 13.8 Å². The maximum absolute atomic E-state index is 5.79. The Kier molecular flexibility index (Phi) is 2.59. The molecule has 2 aromatic rings. The van der Waals surface area contributed by atoms with E-state index in [1.165, 1.54) is 0 Å². The van der Waals surface area contributed by atoms with Crippen molar-refractivity contribution in [3.05, 3.63) is 23.9 Å². The number of nitrogens with one attached hydrogen (secondary N) is 1. The van der Waals surface area contributed by atoms with Gasteiger partial charge in [-0.2, -0.15) is 0 Å². The number of rotatable bonds is 3. The fourth-order valence-electron chi connectivity index (χ4n) is 1.72. The van der Waals surface area contributed by atoms with Crippen LogP contribution in [0.2, 0.25) is 0 Å². The maximum Gasteiger partial charge on any atom is 0.213 e. The Morgan fingerprint density at radius 1 is 1.44 bits per heavy atom. The maximum atomic E-state index is 5.79. The fourth-order valence-corrected chi connectivity index (χ4v) is 1.72. The number of aromatic nitrogens is 2. The molecule has 3 N–H and O–H groups in total. The van der Waals surface area contributed by atoms with Gasteiger partial charge in [-0.15, -0.1) is 0 Å². The first-order valence-electron chi connectivity index (χ1n) is 5.31. The van der Waals surface area contributed by atoms with Crippen LogP contribution in [0.15, 0.2) is 18.3 Å². The normalized spacial score (nSPS) is 12.0. The van der Waals surface area contributed by atoms with E-state index in [0.29, 0.717) is 12.4 Å². The van der Waals surface area contributed by atoms with E-state index in [4.69, 9.17) is 10.5 Å². The summed E-state index contributed by atoms with van der Waals surface area (Å²) in [4.78, 5) is 7.67. The molecular formula is C12H17N3O. The van der Waals surface area contributed by atoms with Crippen molar-refractivity contribution in [3.63, 3.8) is 0 Å². The number of nitrogens with two attached hydrogens (primary N) is 1. The average Bonchev–Trinajstić information content (AvgIpc) is 2.72. The molecule has 0 aromatic carbocycles. The molecule has 0 spiro atoms. The van der Waals surface area contributed by atoms with E-state index in [1.54, 1.807) is 7.11 Å². The molecule has 16 heavy (non-hydrogen) atoms. The van der Waals surface area contributed by atoms with Crippen molar-refractivity contribution in [3.8, 4) is 5.88 Å². The van der Waals surface area contributed by atoms with Gasteiger partial charge in [-0.3, -0.25) is 0 Å². The van der Waals surface area contributed by atoms with Gasteiger partial charge >= 0.3 is 0 Å². The summed E-state index contributed by atoms with van der Waals surface area (Å²) in [6.07, 6.45) is 1.98. The second-order valence-corrected chi connectivity index (χ2v) is 4.54. The molecule has 0 bridgehead atoms. The van der Waals surface area contributed by atoms with Gasteiger partial charge in [0.15, 0.2) is 0 Å². The Balaban J connectivity index is 2.62. The minimum Gasteiger partial charge on any atom is -0.481 e. The number of hydrogen-bond acceptors (Lipinski definition) is 3. The summed E-state index contributed by atoms with van der Waals surface area (Å²) < 4.78 is 5.14. The van der Waals surface area contributed by atoms with Crippen LogP contribution in [-0.4, -0.2) is 23.6 Å². The van der Waals surface area contributed by atoms with Crippen molar-refractivity contribution in [2.75, 3.05) is 13.7 Å². The number of nitrogens with zero attached hydrogens (tertiary/aromatic N) is 1. The standard InChI is InChI=1S/C12H17N3O/c1-12(2,7-13)8-6-14-9-4-5-10(16-3)15-11(8)9/h4-6,14H,7,13H2,1-3H3. The summed E-state index contributed by atoms with van der Waals surface area (Å²) in [7, 11) is 1.62. The summed E-state index contributed by atoms with van der Waals surface area (Å²) in [5, 5.41) is 0. The highest BCUT2D eigenvalue weighted by atomic mass is 16.5. The predicted molar refractivity (Wildman–Crippen MR) is 64.7 cm³/mol. The van der Waals surface area contributed by atoms with E-state index in [1.807, 2.05) is 18.3 Å². The zero-order chi connectivity index (χ0) is 11.8. The lowest BCUT2D eigenvalue weighted by Gasteiger charge is -2.21. The molecule has 0 saturated heterocycles. The first-order chi connectivity index (χ1) is 7.58. The Labute approximate surface area is 94.8 Å². The second kappa shape index (κ2) is 3.79. The van der Waals surface area contributed by atoms with Gasteiger partial charge in [0.1, 0.15) is 0 Å². The Bertz CT molecular complexity index is 502. The fraction of sp³-hybridized carbons (Fsp3) is 0.417. The summed E-state index contributed by atoms with van der Waals surface area (Å²) in [6, 6.07) is 3.81. The molecule has 86 valence electrons. The predicted octanol–water partition coefficient (Wildman–Crippen LogP) is 1.81. The van der Waals surface area contributed by atoms with E-state index in [2.05, 4.69) is 23.8 Å². The van der Waals surface area contributed by atoms with Gasteiger partial charge in [0.25, 0.3) is 0 Å². The first kappa shape index (κ1) is 11.0. The van der Waals surface area contributed by atoms with E-state index in [-0.39, 0.29) is 5.41 Å². The topological polar surface area (TPSA) is 63.9 Å². The van der Waals surface area contributed by atoms with Crippen LogP contribution in [0.25, 0.3) is 11.0 Å². The molecule has 4 nitrogen and oxygen atoms in total. The van der Waals surface area contributed by atoms with Crippen molar-refractivity contribution in [1.82, 2.24) is 9.97 Å². The molecule has 0 atom stereocenters. The number of hydrogen-bond donors (Lipinski definition) is 2. The van der Waals surface area contributed by atoms with E-state index in [9.17, 15) is 0 Å². The molecule has 2 aromatic heterocycles. The lowest BCUT2D eigenvalue weighted by molar-refractivity contribution is 0.399. The smallest absolute Gasteiger partial charge is 0.213 e. The van der Waals surface area contributed by atoms with Crippen molar-refractivity contribution in [1.29, 1.82) is 0 Å². The largest absolute Gasteiger partial charge is 0.481 e. The van der Waals surface area contributed by atoms with Gasteiger partial charge in [0.05, 0.1) is 18.1 Å².